The molecule has 1 N–H and O–H groups in total. The molecule has 1 heterocycles. The third kappa shape index (κ3) is 3.42. The highest BCUT2D eigenvalue weighted by atomic mass is 16.5. The van der Waals surface area contributed by atoms with E-state index in [4.69, 9.17) is 4.74 Å². The Morgan fingerprint density at radius 1 is 1.24 bits per heavy atom. The largest absolute Gasteiger partial charge is 0.488 e. The smallest absolute Gasteiger partial charge is 0.123 e. The standard InChI is InChI=1S/C19H29NO/c1-13(2)17-6-4-5-7-18(17)20-12-16-11-15-10-14(3)8-9-19(15)21-16/h8-10,13,16-18,20H,4-7,11-12H2,1-3H3. The van der Waals surface area contributed by atoms with Crippen molar-refractivity contribution in [3.05, 3.63) is 29.3 Å². The minimum atomic E-state index is 0.316. The van der Waals surface area contributed by atoms with Crippen LogP contribution in [0.15, 0.2) is 18.2 Å². The highest BCUT2D eigenvalue weighted by molar-refractivity contribution is 5.40. The van der Waals surface area contributed by atoms with Crippen molar-refractivity contribution in [2.24, 2.45) is 11.8 Å². The van der Waals surface area contributed by atoms with Gasteiger partial charge in [-0.15, -0.1) is 0 Å². The van der Waals surface area contributed by atoms with E-state index in [1.807, 2.05) is 0 Å². The Hall–Kier alpha value is -1.02. The van der Waals surface area contributed by atoms with E-state index in [-0.39, 0.29) is 0 Å². The molecule has 0 saturated heterocycles. The molecule has 2 nitrogen and oxygen atoms in total. The number of hydrogen-bond donors (Lipinski definition) is 1. The fourth-order valence-corrected chi connectivity index (χ4v) is 4.06. The van der Waals surface area contributed by atoms with Crippen LogP contribution in [-0.4, -0.2) is 18.7 Å². The molecule has 0 radical (unpaired) electrons. The first-order chi connectivity index (χ1) is 10.1. The maximum Gasteiger partial charge on any atom is 0.123 e. The maximum absolute atomic E-state index is 6.09. The summed E-state index contributed by atoms with van der Waals surface area (Å²) in [5.41, 5.74) is 2.71. The molecule has 1 aliphatic heterocycles. The van der Waals surface area contributed by atoms with Crippen LogP contribution in [-0.2, 0) is 6.42 Å². The average Bonchev–Trinajstić information content (AvgIpc) is 2.87. The van der Waals surface area contributed by atoms with Crippen LogP contribution in [0.25, 0.3) is 0 Å². The van der Waals surface area contributed by atoms with E-state index in [9.17, 15) is 0 Å². The highest BCUT2D eigenvalue weighted by Crippen LogP contribution is 2.32. The Balaban J connectivity index is 1.54. The van der Waals surface area contributed by atoms with Crippen molar-refractivity contribution in [1.29, 1.82) is 0 Å². The molecule has 1 saturated carbocycles. The van der Waals surface area contributed by atoms with E-state index in [0.29, 0.717) is 12.1 Å². The van der Waals surface area contributed by atoms with Gasteiger partial charge in [0.1, 0.15) is 11.9 Å². The van der Waals surface area contributed by atoms with Crippen LogP contribution < -0.4 is 10.1 Å². The lowest BCUT2D eigenvalue weighted by Gasteiger charge is -2.35. The van der Waals surface area contributed by atoms with E-state index in [1.165, 1.54) is 36.8 Å². The Morgan fingerprint density at radius 2 is 2.05 bits per heavy atom. The Kier molecular flexibility index (Phi) is 4.54. The summed E-state index contributed by atoms with van der Waals surface area (Å²) in [5, 5.41) is 3.82. The lowest BCUT2D eigenvalue weighted by molar-refractivity contribution is 0.172. The first-order valence-corrected chi connectivity index (χ1v) is 8.63. The second-order valence-electron chi connectivity index (χ2n) is 7.26. The molecule has 1 aromatic carbocycles. The molecule has 0 spiro atoms. The van der Waals surface area contributed by atoms with Crippen molar-refractivity contribution in [3.63, 3.8) is 0 Å². The van der Waals surface area contributed by atoms with Crippen LogP contribution in [0.2, 0.25) is 0 Å². The summed E-state index contributed by atoms with van der Waals surface area (Å²) >= 11 is 0. The first-order valence-electron chi connectivity index (χ1n) is 8.63. The number of nitrogens with one attached hydrogen (secondary N) is 1. The molecule has 3 atom stereocenters. The van der Waals surface area contributed by atoms with E-state index in [2.05, 4.69) is 44.3 Å². The summed E-state index contributed by atoms with van der Waals surface area (Å²) in [7, 11) is 0. The topological polar surface area (TPSA) is 21.3 Å². The molecule has 3 rings (SSSR count). The highest BCUT2D eigenvalue weighted by Gasteiger charge is 2.29. The summed E-state index contributed by atoms with van der Waals surface area (Å²) in [6, 6.07) is 7.23. The molecule has 3 unspecified atom stereocenters. The van der Waals surface area contributed by atoms with E-state index >= 15 is 0 Å². The van der Waals surface area contributed by atoms with Crippen molar-refractivity contribution in [3.8, 4) is 5.75 Å². The van der Waals surface area contributed by atoms with Gasteiger partial charge in [0, 0.05) is 19.0 Å². The third-order valence-electron chi connectivity index (χ3n) is 5.24. The number of aryl methyl sites for hydroxylation is 1. The predicted octanol–water partition coefficient (Wildman–Crippen LogP) is 4.10. The SMILES string of the molecule is Cc1ccc2c(c1)CC(CNC1CCCCC1C(C)C)O2. The van der Waals surface area contributed by atoms with Crippen LogP contribution >= 0.6 is 0 Å². The molecule has 1 fully saturated rings. The number of hydrogen-bond acceptors (Lipinski definition) is 2. The fraction of sp³-hybridized carbons (Fsp3) is 0.684. The summed E-state index contributed by atoms with van der Waals surface area (Å²) in [6.07, 6.45) is 6.89. The monoisotopic (exact) mass is 287 g/mol. The van der Waals surface area contributed by atoms with Gasteiger partial charge in [-0.05, 0) is 43.2 Å². The van der Waals surface area contributed by atoms with Crippen molar-refractivity contribution in [1.82, 2.24) is 5.32 Å². The molecule has 0 aromatic heterocycles. The van der Waals surface area contributed by atoms with Crippen LogP contribution in [0.5, 0.6) is 5.75 Å². The van der Waals surface area contributed by atoms with Crippen molar-refractivity contribution >= 4 is 0 Å². The lowest BCUT2D eigenvalue weighted by atomic mass is 9.78. The Labute approximate surface area is 129 Å². The van der Waals surface area contributed by atoms with E-state index in [0.717, 1.165) is 30.6 Å². The Bertz CT molecular complexity index is 482. The van der Waals surface area contributed by atoms with Gasteiger partial charge in [0.05, 0.1) is 0 Å². The quantitative estimate of drug-likeness (QED) is 0.900. The zero-order chi connectivity index (χ0) is 14.8. The number of benzene rings is 1. The normalized spacial score (nSPS) is 28.5. The van der Waals surface area contributed by atoms with Crippen LogP contribution in [0, 0.1) is 18.8 Å². The molecule has 21 heavy (non-hydrogen) atoms. The average molecular weight is 287 g/mol. The van der Waals surface area contributed by atoms with Crippen molar-refractivity contribution in [2.75, 3.05) is 6.54 Å². The van der Waals surface area contributed by atoms with Crippen LogP contribution in [0.1, 0.15) is 50.7 Å². The van der Waals surface area contributed by atoms with Gasteiger partial charge in [-0.2, -0.15) is 0 Å². The molecular formula is C19H29NO. The van der Waals surface area contributed by atoms with Gasteiger partial charge in [-0.3, -0.25) is 0 Å². The second kappa shape index (κ2) is 6.39. The number of rotatable bonds is 4. The summed E-state index contributed by atoms with van der Waals surface area (Å²) < 4.78 is 6.09. The van der Waals surface area contributed by atoms with Crippen LogP contribution in [0.3, 0.4) is 0 Å². The Morgan fingerprint density at radius 3 is 2.86 bits per heavy atom. The second-order valence-corrected chi connectivity index (χ2v) is 7.26. The molecule has 2 heteroatoms. The molecule has 1 aliphatic carbocycles. The number of ether oxygens (including phenoxy) is 1. The minimum absolute atomic E-state index is 0.316. The lowest BCUT2D eigenvalue weighted by Crippen LogP contribution is -2.44. The van der Waals surface area contributed by atoms with Crippen molar-refractivity contribution < 1.29 is 4.74 Å². The summed E-state index contributed by atoms with van der Waals surface area (Å²) in [5.74, 6) is 2.72. The predicted molar refractivity (Wildman–Crippen MR) is 87.9 cm³/mol. The van der Waals surface area contributed by atoms with Crippen LogP contribution in [0.4, 0.5) is 0 Å². The zero-order valence-corrected chi connectivity index (χ0v) is 13.7. The van der Waals surface area contributed by atoms with Crippen molar-refractivity contribution in [2.45, 2.75) is 65.0 Å². The molecule has 116 valence electrons. The van der Waals surface area contributed by atoms with Gasteiger partial charge in [0.25, 0.3) is 0 Å². The van der Waals surface area contributed by atoms with Gasteiger partial charge >= 0.3 is 0 Å². The van der Waals surface area contributed by atoms with Gasteiger partial charge < -0.3 is 10.1 Å². The van der Waals surface area contributed by atoms with Gasteiger partial charge in [0.15, 0.2) is 0 Å². The third-order valence-corrected chi connectivity index (χ3v) is 5.24. The molecule has 2 aliphatic rings. The molecular weight excluding hydrogens is 258 g/mol. The minimum Gasteiger partial charge on any atom is -0.488 e. The molecule has 1 aromatic rings. The zero-order valence-electron chi connectivity index (χ0n) is 13.7. The van der Waals surface area contributed by atoms with Gasteiger partial charge in [0.2, 0.25) is 0 Å². The number of fused-ring (bicyclic) bond motifs is 1. The van der Waals surface area contributed by atoms with Gasteiger partial charge in [-0.1, -0.05) is 44.4 Å². The van der Waals surface area contributed by atoms with E-state index < -0.39 is 0 Å². The maximum atomic E-state index is 6.09. The molecule has 0 bridgehead atoms. The first kappa shape index (κ1) is 14.9. The molecule has 0 amide bonds. The van der Waals surface area contributed by atoms with Gasteiger partial charge in [-0.25, -0.2) is 0 Å². The summed E-state index contributed by atoms with van der Waals surface area (Å²) in [4.78, 5) is 0. The fourth-order valence-electron chi connectivity index (χ4n) is 4.06. The summed E-state index contributed by atoms with van der Waals surface area (Å²) in [6.45, 7) is 7.88. The van der Waals surface area contributed by atoms with E-state index in [1.54, 1.807) is 0 Å².